The molecule has 0 aromatic carbocycles. The van der Waals surface area contributed by atoms with Crippen LogP contribution in [0.1, 0.15) is 32.4 Å². The van der Waals surface area contributed by atoms with E-state index >= 15 is 0 Å². The minimum Gasteiger partial charge on any atom is -0.302 e. The van der Waals surface area contributed by atoms with Gasteiger partial charge >= 0.3 is 0 Å². The fourth-order valence-electron chi connectivity index (χ4n) is 3.22. The summed E-state index contributed by atoms with van der Waals surface area (Å²) in [5.41, 5.74) is 0.609. The van der Waals surface area contributed by atoms with Gasteiger partial charge in [-0.25, -0.2) is 4.98 Å². The first-order chi connectivity index (χ1) is 10.5. The number of aliphatic imine (C=N–C) groups is 1. The van der Waals surface area contributed by atoms with Crippen molar-refractivity contribution in [2.24, 2.45) is 4.99 Å². The molecule has 0 fully saturated rings. The zero-order valence-electron chi connectivity index (χ0n) is 13.5. The molecule has 0 spiro atoms. The van der Waals surface area contributed by atoms with Crippen molar-refractivity contribution in [3.8, 4) is 0 Å². The van der Waals surface area contributed by atoms with Gasteiger partial charge in [-0.1, -0.05) is 25.1 Å². The van der Waals surface area contributed by atoms with Crippen molar-refractivity contribution in [2.75, 3.05) is 14.1 Å². The largest absolute Gasteiger partial charge is 0.302 e. The highest BCUT2D eigenvalue weighted by Crippen LogP contribution is 2.47. The van der Waals surface area contributed by atoms with E-state index in [1.807, 2.05) is 20.3 Å². The second-order valence-corrected chi connectivity index (χ2v) is 7.26. The normalized spacial score (nSPS) is 26.0. The second kappa shape index (κ2) is 5.66. The first kappa shape index (κ1) is 15.5. The summed E-state index contributed by atoms with van der Waals surface area (Å²) in [5.74, 6) is 0. The molecule has 0 bridgehead atoms. The smallest absolute Gasteiger partial charge is 0.267 e. The van der Waals surface area contributed by atoms with Gasteiger partial charge in [0.2, 0.25) is 0 Å². The molecule has 5 nitrogen and oxygen atoms in total. The standard InChI is InChI=1S/C16H22N4OS/c1-5-6-9-20-10-18-13-12(14(20)21)22-15-16(13,2)11(19(3)4)7-8-17-15/h7-8,10-11H,5-6,9H2,1-4H3. The molecule has 0 radical (unpaired) electrons. The molecule has 2 aliphatic rings. The first-order valence-corrected chi connectivity index (χ1v) is 8.51. The van der Waals surface area contributed by atoms with Crippen LogP contribution in [0.4, 0.5) is 0 Å². The van der Waals surface area contributed by atoms with Gasteiger partial charge in [-0.15, -0.1) is 0 Å². The molecule has 2 aliphatic heterocycles. The number of aromatic nitrogens is 2. The van der Waals surface area contributed by atoms with Crippen LogP contribution in [-0.2, 0) is 12.0 Å². The molecule has 22 heavy (non-hydrogen) atoms. The molecule has 0 aliphatic carbocycles. The lowest BCUT2D eigenvalue weighted by Gasteiger charge is -2.37. The molecule has 6 heteroatoms. The van der Waals surface area contributed by atoms with E-state index in [9.17, 15) is 4.79 Å². The topological polar surface area (TPSA) is 50.5 Å². The Morgan fingerprint density at radius 2 is 2.23 bits per heavy atom. The number of nitrogens with zero attached hydrogens (tertiary/aromatic N) is 4. The number of aryl methyl sites for hydroxylation is 1. The minimum absolute atomic E-state index is 0.0688. The fourth-order valence-corrected chi connectivity index (χ4v) is 4.53. The van der Waals surface area contributed by atoms with Gasteiger partial charge in [0.05, 0.1) is 22.5 Å². The minimum atomic E-state index is -0.332. The van der Waals surface area contributed by atoms with Crippen LogP contribution in [0.2, 0.25) is 0 Å². The van der Waals surface area contributed by atoms with Crippen LogP contribution in [0.25, 0.3) is 0 Å². The highest BCUT2D eigenvalue weighted by molar-refractivity contribution is 8.14. The Hall–Kier alpha value is -1.40. The maximum atomic E-state index is 12.7. The van der Waals surface area contributed by atoms with Crippen LogP contribution < -0.4 is 5.56 Å². The Morgan fingerprint density at radius 1 is 1.45 bits per heavy atom. The van der Waals surface area contributed by atoms with Crippen molar-refractivity contribution in [1.82, 2.24) is 14.5 Å². The molecule has 0 amide bonds. The third-order valence-electron chi connectivity index (χ3n) is 4.49. The number of rotatable bonds is 4. The second-order valence-electron chi connectivity index (χ2n) is 6.26. The van der Waals surface area contributed by atoms with E-state index in [1.54, 1.807) is 10.9 Å². The molecule has 2 atom stereocenters. The van der Waals surface area contributed by atoms with Crippen molar-refractivity contribution in [3.05, 3.63) is 34.7 Å². The molecule has 3 rings (SSSR count). The molecular weight excluding hydrogens is 296 g/mol. The number of likely N-dealkylation sites (N-methyl/N-ethyl adjacent to an activating group) is 1. The summed E-state index contributed by atoms with van der Waals surface area (Å²) < 4.78 is 1.73. The van der Waals surface area contributed by atoms with Gasteiger partial charge in [0.1, 0.15) is 4.90 Å². The maximum absolute atomic E-state index is 12.7. The number of thioether (sulfide) groups is 1. The van der Waals surface area contributed by atoms with Crippen molar-refractivity contribution in [2.45, 2.75) is 49.6 Å². The SMILES string of the molecule is CCCCn1cnc2c(c1=O)SC1=NC=CC(N(C)C)C12C. The van der Waals surface area contributed by atoms with Gasteiger partial charge in [0.25, 0.3) is 5.56 Å². The van der Waals surface area contributed by atoms with Gasteiger partial charge in [-0.05, 0) is 33.5 Å². The fraction of sp³-hybridized carbons (Fsp3) is 0.562. The van der Waals surface area contributed by atoms with E-state index in [4.69, 9.17) is 0 Å². The van der Waals surface area contributed by atoms with Crippen LogP contribution in [0.3, 0.4) is 0 Å². The summed E-state index contributed by atoms with van der Waals surface area (Å²) in [7, 11) is 4.10. The predicted octanol–water partition coefficient (Wildman–Crippen LogP) is 2.26. The van der Waals surface area contributed by atoms with Crippen LogP contribution in [0, 0.1) is 0 Å². The van der Waals surface area contributed by atoms with Crippen molar-refractivity contribution < 1.29 is 0 Å². The monoisotopic (exact) mass is 318 g/mol. The highest BCUT2D eigenvalue weighted by Gasteiger charge is 2.50. The maximum Gasteiger partial charge on any atom is 0.267 e. The molecular formula is C16H22N4OS. The van der Waals surface area contributed by atoms with Crippen molar-refractivity contribution in [3.63, 3.8) is 0 Å². The Balaban J connectivity index is 2.10. The molecule has 118 valence electrons. The summed E-state index contributed by atoms with van der Waals surface area (Å²) >= 11 is 1.49. The van der Waals surface area contributed by atoms with Crippen LogP contribution in [-0.4, -0.2) is 39.6 Å². The third-order valence-corrected chi connectivity index (χ3v) is 5.79. The van der Waals surface area contributed by atoms with E-state index in [2.05, 4.69) is 34.8 Å². The molecule has 1 aromatic rings. The lowest BCUT2D eigenvalue weighted by molar-refractivity contribution is 0.272. The van der Waals surface area contributed by atoms with E-state index in [0.29, 0.717) is 0 Å². The van der Waals surface area contributed by atoms with Gasteiger partial charge in [-0.2, -0.15) is 0 Å². The molecule has 1 aromatic heterocycles. The Labute approximate surface area is 135 Å². The van der Waals surface area contributed by atoms with Crippen molar-refractivity contribution >= 4 is 16.8 Å². The van der Waals surface area contributed by atoms with Crippen molar-refractivity contribution in [1.29, 1.82) is 0 Å². The Bertz CT molecular complexity index is 707. The molecule has 0 saturated heterocycles. The number of unbranched alkanes of at least 4 members (excludes halogenated alkanes) is 1. The quantitative estimate of drug-likeness (QED) is 0.854. The summed E-state index contributed by atoms with van der Waals surface area (Å²) in [6.45, 7) is 4.99. The summed E-state index contributed by atoms with van der Waals surface area (Å²) in [5, 5.41) is 0.974. The average molecular weight is 318 g/mol. The summed E-state index contributed by atoms with van der Waals surface area (Å²) in [6, 6.07) is 0.159. The number of fused-ring (bicyclic) bond motifs is 3. The van der Waals surface area contributed by atoms with E-state index in [0.717, 1.165) is 35.0 Å². The molecule has 0 N–H and O–H groups in total. The average Bonchev–Trinajstić information content (AvgIpc) is 2.79. The van der Waals surface area contributed by atoms with E-state index in [-0.39, 0.29) is 17.0 Å². The van der Waals surface area contributed by atoms with E-state index in [1.165, 1.54) is 11.8 Å². The van der Waals surface area contributed by atoms with Gasteiger partial charge < -0.3 is 4.90 Å². The lowest BCUT2D eigenvalue weighted by Crippen LogP contribution is -2.49. The molecule has 2 unspecified atom stereocenters. The third kappa shape index (κ3) is 2.16. The van der Waals surface area contributed by atoms with Gasteiger partial charge in [-0.3, -0.25) is 14.4 Å². The summed E-state index contributed by atoms with van der Waals surface area (Å²) in [4.78, 5) is 24.8. The van der Waals surface area contributed by atoms with Gasteiger partial charge in [0, 0.05) is 18.8 Å². The molecule has 0 saturated carbocycles. The summed E-state index contributed by atoms with van der Waals surface area (Å²) in [6.07, 6.45) is 7.69. The highest BCUT2D eigenvalue weighted by atomic mass is 32.2. The number of hydrogen-bond donors (Lipinski definition) is 0. The zero-order chi connectivity index (χ0) is 15.9. The van der Waals surface area contributed by atoms with Crippen LogP contribution in [0.15, 0.2) is 33.3 Å². The van der Waals surface area contributed by atoms with Gasteiger partial charge in [0.15, 0.2) is 0 Å². The Kier molecular flexibility index (Phi) is 3.99. The van der Waals surface area contributed by atoms with E-state index < -0.39 is 0 Å². The zero-order valence-corrected chi connectivity index (χ0v) is 14.4. The Morgan fingerprint density at radius 3 is 2.91 bits per heavy atom. The lowest BCUT2D eigenvalue weighted by atomic mass is 9.78. The van der Waals surface area contributed by atoms with Crippen LogP contribution in [0.5, 0.6) is 0 Å². The van der Waals surface area contributed by atoms with Crippen LogP contribution >= 0.6 is 11.8 Å². The predicted molar refractivity (Wildman–Crippen MR) is 90.7 cm³/mol. The first-order valence-electron chi connectivity index (χ1n) is 7.69. The molecule has 3 heterocycles. The number of hydrogen-bond acceptors (Lipinski definition) is 5.